The van der Waals surface area contributed by atoms with Gasteiger partial charge in [-0.25, -0.2) is 0 Å². The largest absolute Gasteiger partial charge is 0.308 e. The third-order valence-electron chi connectivity index (χ3n) is 3.34. The fourth-order valence-corrected chi connectivity index (χ4v) is 2.51. The maximum absolute atomic E-state index is 3.95. The van der Waals surface area contributed by atoms with E-state index in [1.54, 1.807) is 0 Å². The molecular weight excluding hydrogens is 186 g/mol. The molecule has 1 aliphatic rings. The van der Waals surface area contributed by atoms with Crippen LogP contribution in [0.2, 0.25) is 0 Å². The number of aromatic nitrogens is 2. The molecular formula is C12H21N3. The van der Waals surface area contributed by atoms with Gasteiger partial charge in [-0.3, -0.25) is 5.10 Å². The monoisotopic (exact) mass is 207 g/mol. The van der Waals surface area contributed by atoms with E-state index in [0.29, 0.717) is 11.5 Å². The van der Waals surface area contributed by atoms with Gasteiger partial charge in [0, 0.05) is 24.5 Å². The van der Waals surface area contributed by atoms with Gasteiger partial charge in [-0.05, 0) is 30.7 Å². The molecule has 1 aliphatic carbocycles. The van der Waals surface area contributed by atoms with E-state index in [2.05, 4.69) is 29.4 Å². The Morgan fingerprint density at radius 1 is 1.60 bits per heavy atom. The van der Waals surface area contributed by atoms with Crippen molar-refractivity contribution in [3.63, 3.8) is 0 Å². The van der Waals surface area contributed by atoms with E-state index in [-0.39, 0.29) is 0 Å². The molecule has 0 saturated heterocycles. The van der Waals surface area contributed by atoms with Crippen molar-refractivity contribution in [3.05, 3.63) is 18.0 Å². The molecule has 15 heavy (non-hydrogen) atoms. The number of hydrogen-bond acceptors (Lipinski definition) is 2. The predicted molar refractivity (Wildman–Crippen MR) is 61.5 cm³/mol. The molecule has 0 spiro atoms. The number of hydrogen-bond donors (Lipinski definition) is 2. The first-order chi connectivity index (χ1) is 7.16. The third-order valence-corrected chi connectivity index (χ3v) is 3.34. The minimum absolute atomic E-state index is 0.518. The minimum Gasteiger partial charge on any atom is -0.308 e. The molecule has 1 unspecified atom stereocenters. The highest BCUT2D eigenvalue weighted by molar-refractivity contribution is 4.97. The Balaban J connectivity index is 1.80. The van der Waals surface area contributed by atoms with Crippen LogP contribution in [0.3, 0.4) is 0 Å². The first-order valence-electron chi connectivity index (χ1n) is 5.87. The SMILES string of the molecule is CC1(C)CCCC(NCc2ccn[nH]2)C1. The average Bonchev–Trinajstić information content (AvgIpc) is 2.65. The molecule has 1 aromatic heterocycles. The highest BCUT2D eigenvalue weighted by Crippen LogP contribution is 2.35. The topological polar surface area (TPSA) is 40.7 Å². The van der Waals surface area contributed by atoms with Gasteiger partial charge in [-0.15, -0.1) is 0 Å². The summed E-state index contributed by atoms with van der Waals surface area (Å²) in [7, 11) is 0. The fourth-order valence-electron chi connectivity index (χ4n) is 2.51. The van der Waals surface area contributed by atoms with Crippen LogP contribution in [0, 0.1) is 5.41 Å². The van der Waals surface area contributed by atoms with Gasteiger partial charge in [0.15, 0.2) is 0 Å². The number of H-pyrrole nitrogens is 1. The predicted octanol–water partition coefficient (Wildman–Crippen LogP) is 2.47. The van der Waals surface area contributed by atoms with E-state index in [0.717, 1.165) is 6.54 Å². The van der Waals surface area contributed by atoms with E-state index in [1.165, 1.54) is 31.4 Å². The molecule has 1 aromatic rings. The van der Waals surface area contributed by atoms with Crippen molar-refractivity contribution in [1.29, 1.82) is 0 Å². The molecule has 0 aromatic carbocycles. The molecule has 0 amide bonds. The van der Waals surface area contributed by atoms with Crippen LogP contribution in [-0.4, -0.2) is 16.2 Å². The maximum Gasteiger partial charge on any atom is 0.0490 e. The number of aromatic amines is 1. The standard InChI is InChI=1S/C12H21N3/c1-12(2)6-3-4-10(8-12)13-9-11-5-7-14-15-11/h5,7,10,13H,3-4,6,8-9H2,1-2H3,(H,14,15). The second-order valence-electron chi connectivity index (χ2n) is 5.42. The summed E-state index contributed by atoms with van der Waals surface area (Å²) in [5, 5.41) is 10.5. The first-order valence-corrected chi connectivity index (χ1v) is 5.87. The molecule has 1 saturated carbocycles. The van der Waals surface area contributed by atoms with Crippen molar-refractivity contribution < 1.29 is 0 Å². The van der Waals surface area contributed by atoms with Crippen molar-refractivity contribution in [2.75, 3.05) is 0 Å². The van der Waals surface area contributed by atoms with E-state index < -0.39 is 0 Å². The van der Waals surface area contributed by atoms with Crippen LogP contribution in [0.4, 0.5) is 0 Å². The van der Waals surface area contributed by atoms with Gasteiger partial charge in [0.05, 0.1) is 0 Å². The van der Waals surface area contributed by atoms with Crippen molar-refractivity contribution in [2.45, 2.75) is 52.1 Å². The summed E-state index contributed by atoms with van der Waals surface area (Å²) >= 11 is 0. The molecule has 3 nitrogen and oxygen atoms in total. The summed E-state index contributed by atoms with van der Waals surface area (Å²) in [6.07, 6.45) is 7.14. The Hall–Kier alpha value is -0.830. The molecule has 1 atom stereocenters. The van der Waals surface area contributed by atoms with E-state index in [4.69, 9.17) is 0 Å². The molecule has 84 valence electrons. The summed E-state index contributed by atoms with van der Waals surface area (Å²) < 4.78 is 0. The van der Waals surface area contributed by atoms with E-state index in [1.807, 2.05) is 12.3 Å². The average molecular weight is 207 g/mol. The van der Waals surface area contributed by atoms with Gasteiger partial charge < -0.3 is 5.32 Å². The zero-order valence-corrected chi connectivity index (χ0v) is 9.71. The second kappa shape index (κ2) is 4.35. The van der Waals surface area contributed by atoms with Crippen LogP contribution in [0.15, 0.2) is 12.3 Å². The molecule has 1 fully saturated rings. The second-order valence-corrected chi connectivity index (χ2v) is 5.42. The summed E-state index contributed by atoms with van der Waals surface area (Å²) in [5.41, 5.74) is 1.70. The normalized spacial score (nSPS) is 25.3. The van der Waals surface area contributed by atoms with Gasteiger partial charge in [-0.1, -0.05) is 20.3 Å². The van der Waals surface area contributed by atoms with Gasteiger partial charge in [-0.2, -0.15) is 5.10 Å². The van der Waals surface area contributed by atoms with Crippen LogP contribution in [0.1, 0.15) is 45.2 Å². The van der Waals surface area contributed by atoms with Crippen molar-refractivity contribution >= 4 is 0 Å². The van der Waals surface area contributed by atoms with Crippen molar-refractivity contribution in [2.24, 2.45) is 5.41 Å². The highest BCUT2D eigenvalue weighted by atomic mass is 15.1. The van der Waals surface area contributed by atoms with E-state index >= 15 is 0 Å². The van der Waals surface area contributed by atoms with Gasteiger partial charge >= 0.3 is 0 Å². The Kier molecular flexibility index (Phi) is 3.10. The fraction of sp³-hybridized carbons (Fsp3) is 0.750. The Morgan fingerprint density at radius 2 is 2.47 bits per heavy atom. The molecule has 0 radical (unpaired) electrons. The number of rotatable bonds is 3. The van der Waals surface area contributed by atoms with Crippen molar-refractivity contribution in [3.8, 4) is 0 Å². The smallest absolute Gasteiger partial charge is 0.0490 e. The number of nitrogens with one attached hydrogen (secondary N) is 2. The minimum atomic E-state index is 0.518. The van der Waals surface area contributed by atoms with Crippen LogP contribution < -0.4 is 5.32 Å². The zero-order valence-electron chi connectivity index (χ0n) is 9.71. The van der Waals surface area contributed by atoms with Crippen LogP contribution in [-0.2, 0) is 6.54 Å². The lowest BCUT2D eigenvalue weighted by Gasteiger charge is -2.35. The molecule has 0 bridgehead atoms. The molecule has 2 N–H and O–H groups in total. The molecule has 0 aliphatic heterocycles. The van der Waals surface area contributed by atoms with E-state index in [9.17, 15) is 0 Å². The Labute approximate surface area is 91.7 Å². The Bertz CT molecular complexity index is 290. The highest BCUT2D eigenvalue weighted by Gasteiger charge is 2.27. The quantitative estimate of drug-likeness (QED) is 0.799. The Morgan fingerprint density at radius 3 is 3.13 bits per heavy atom. The third kappa shape index (κ3) is 3.06. The summed E-state index contributed by atoms with van der Waals surface area (Å²) in [6.45, 7) is 5.66. The van der Waals surface area contributed by atoms with Gasteiger partial charge in [0.2, 0.25) is 0 Å². The summed E-state index contributed by atoms with van der Waals surface area (Å²) in [6, 6.07) is 2.71. The van der Waals surface area contributed by atoms with Crippen LogP contribution in [0.25, 0.3) is 0 Å². The van der Waals surface area contributed by atoms with Crippen molar-refractivity contribution in [1.82, 2.24) is 15.5 Å². The lowest BCUT2D eigenvalue weighted by Crippen LogP contribution is -2.36. The molecule has 2 rings (SSSR count). The zero-order chi connectivity index (χ0) is 10.7. The maximum atomic E-state index is 3.95. The van der Waals surface area contributed by atoms with Crippen LogP contribution in [0.5, 0.6) is 0 Å². The number of nitrogens with zero attached hydrogens (tertiary/aromatic N) is 1. The van der Waals surface area contributed by atoms with Gasteiger partial charge in [0.25, 0.3) is 0 Å². The summed E-state index contributed by atoms with van der Waals surface area (Å²) in [4.78, 5) is 0. The molecule has 3 heteroatoms. The van der Waals surface area contributed by atoms with Crippen LogP contribution >= 0.6 is 0 Å². The van der Waals surface area contributed by atoms with Gasteiger partial charge in [0.1, 0.15) is 0 Å². The lowest BCUT2D eigenvalue weighted by molar-refractivity contribution is 0.197. The molecule has 1 heterocycles. The summed E-state index contributed by atoms with van der Waals surface area (Å²) in [5.74, 6) is 0. The lowest BCUT2D eigenvalue weighted by atomic mass is 9.75. The first kappa shape index (κ1) is 10.7.